The normalized spacial score (nSPS) is 17.3. The molecule has 1 N–H and O–H groups in total. The molecule has 1 fully saturated rings. The van der Waals surface area contributed by atoms with Gasteiger partial charge in [-0.1, -0.05) is 12.1 Å². The van der Waals surface area contributed by atoms with E-state index < -0.39 is 17.8 Å². The van der Waals surface area contributed by atoms with Crippen molar-refractivity contribution < 1.29 is 18.4 Å². The zero-order valence-corrected chi connectivity index (χ0v) is 13.2. The van der Waals surface area contributed by atoms with Crippen LogP contribution in [0.3, 0.4) is 0 Å². The summed E-state index contributed by atoms with van der Waals surface area (Å²) < 4.78 is 19.0. The third-order valence-corrected chi connectivity index (χ3v) is 4.54. The maximum Gasteiger partial charge on any atom is 0.290 e. The lowest BCUT2D eigenvalue weighted by Gasteiger charge is -2.22. The number of nitrogens with one attached hydrogen (secondary N) is 1. The van der Waals surface area contributed by atoms with Crippen molar-refractivity contribution in [3.63, 3.8) is 0 Å². The van der Waals surface area contributed by atoms with Gasteiger partial charge in [0.1, 0.15) is 17.6 Å². The molecule has 120 valence electrons. The van der Waals surface area contributed by atoms with Gasteiger partial charge in [-0.2, -0.15) is 0 Å². The van der Waals surface area contributed by atoms with Crippen LogP contribution in [0.4, 0.5) is 10.1 Å². The molecule has 1 aliphatic heterocycles. The van der Waals surface area contributed by atoms with Crippen molar-refractivity contribution in [1.82, 2.24) is 4.90 Å². The number of benzene rings is 1. The second-order valence-corrected chi connectivity index (χ2v) is 6.17. The zero-order chi connectivity index (χ0) is 16.4. The summed E-state index contributed by atoms with van der Waals surface area (Å²) in [6, 6.07) is 8.57. The van der Waals surface area contributed by atoms with Crippen LogP contribution in [0.15, 0.2) is 40.8 Å². The Balaban J connectivity index is 1.75. The van der Waals surface area contributed by atoms with E-state index in [-0.39, 0.29) is 17.4 Å². The SMILES string of the molecule is Cc1ccc(C(=O)N2CSC[C@@H]2C(=O)Nc2ccccc2F)o1. The number of carbonyl (C=O) groups excluding carboxylic acids is 2. The topological polar surface area (TPSA) is 62.6 Å². The lowest BCUT2D eigenvalue weighted by molar-refractivity contribution is -0.119. The van der Waals surface area contributed by atoms with Crippen LogP contribution >= 0.6 is 11.8 Å². The van der Waals surface area contributed by atoms with Gasteiger partial charge in [0.05, 0.1) is 11.6 Å². The molecule has 1 aliphatic rings. The van der Waals surface area contributed by atoms with Crippen molar-refractivity contribution in [3.05, 3.63) is 53.7 Å². The lowest BCUT2D eigenvalue weighted by atomic mass is 10.2. The predicted molar refractivity (Wildman–Crippen MR) is 85.8 cm³/mol. The van der Waals surface area contributed by atoms with Gasteiger partial charge in [0.25, 0.3) is 5.91 Å². The maximum atomic E-state index is 13.6. The van der Waals surface area contributed by atoms with Crippen LogP contribution in [0.2, 0.25) is 0 Å². The first-order valence-electron chi connectivity index (χ1n) is 7.07. The van der Waals surface area contributed by atoms with Crippen LogP contribution in [0.1, 0.15) is 16.3 Å². The molecule has 1 saturated heterocycles. The first-order valence-corrected chi connectivity index (χ1v) is 8.22. The van der Waals surface area contributed by atoms with Gasteiger partial charge < -0.3 is 14.6 Å². The summed E-state index contributed by atoms with van der Waals surface area (Å²) in [5.74, 6) is 0.445. The zero-order valence-electron chi connectivity index (χ0n) is 12.4. The van der Waals surface area contributed by atoms with Crippen molar-refractivity contribution in [2.75, 3.05) is 16.9 Å². The molecule has 5 nitrogen and oxygen atoms in total. The van der Waals surface area contributed by atoms with Gasteiger partial charge in [-0.15, -0.1) is 11.8 Å². The smallest absolute Gasteiger partial charge is 0.290 e. The summed E-state index contributed by atoms with van der Waals surface area (Å²) in [5.41, 5.74) is 0.107. The molecule has 0 unspecified atom stereocenters. The van der Waals surface area contributed by atoms with E-state index in [0.29, 0.717) is 17.4 Å². The fourth-order valence-electron chi connectivity index (χ4n) is 2.33. The molecule has 1 aromatic carbocycles. The number of hydrogen-bond donors (Lipinski definition) is 1. The number of amides is 2. The molecule has 7 heteroatoms. The Kier molecular flexibility index (Phi) is 4.38. The Hall–Kier alpha value is -2.28. The molecule has 1 atom stereocenters. The average Bonchev–Trinajstić information content (AvgIpc) is 3.17. The first kappa shape index (κ1) is 15.6. The van der Waals surface area contributed by atoms with Gasteiger partial charge in [0, 0.05) is 5.75 Å². The third kappa shape index (κ3) is 3.24. The molecular formula is C16H15FN2O3S. The predicted octanol–water partition coefficient (Wildman–Crippen LogP) is 2.88. The molecule has 0 saturated carbocycles. The van der Waals surface area contributed by atoms with E-state index in [1.807, 2.05) is 0 Å². The van der Waals surface area contributed by atoms with Gasteiger partial charge in [0.15, 0.2) is 5.76 Å². The molecule has 2 aromatic rings. The Morgan fingerprint density at radius 2 is 2.09 bits per heavy atom. The molecule has 0 aliphatic carbocycles. The van der Waals surface area contributed by atoms with Gasteiger partial charge in [-0.25, -0.2) is 4.39 Å². The minimum Gasteiger partial charge on any atom is -0.456 e. The molecule has 0 bridgehead atoms. The van der Waals surface area contributed by atoms with Gasteiger partial charge in [0.2, 0.25) is 5.91 Å². The molecule has 0 radical (unpaired) electrons. The second kappa shape index (κ2) is 6.45. The summed E-state index contributed by atoms with van der Waals surface area (Å²) in [6.45, 7) is 1.75. The van der Waals surface area contributed by atoms with Crippen molar-refractivity contribution in [2.45, 2.75) is 13.0 Å². The summed E-state index contributed by atoms with van der Waals surface area (Å²) in [4.78, 5) is 26.3. The maximum absolute atomic E-state index is 13.6. The van der Waals surface area contributed by atoms with E-state index in [1.165, 1.54) is 28.8 Å². The van der Waals surface area contributed by atoms with Crippen LogP contribution in [0.5, 0.6) is 0 Å². The van der Waals surface area contributed by atoms with E-state index in [1.54, 1.807) is 31.2 Å². The number of hydrogen-bond acceptors (Lipinski definition) is 4. The van der Waals surface area contributed by atoms with Crippen molar-refractivity contribution in [3.8, 4) is 0 Å². The quantitative estimate of drug-likeness (QED) is 0.937. The molecule has 1 aromatic heterocycles. The Bertz CT molecular complexity index is 746. The van der Waals surface area contributed by atoms with Crippen LogP contribution in [0.25, 0.3) is 0 Å². The van der Waals surface area contributed by atoms with Crippen LogP contribution in [-0.4, -0.2) is 34.4 Å². The largest absolute Gasteiger partial charge is 0.456 e. The monoisotopic (exact) mass is 334 g/mol. The average molecular weight is 334 g/mol. The number of halogens is 1. The number of para-hydroxylation sites is 1. The van der Waals surface area contributed by atoms with Gasteiger partial charge in [-0.3, -0.25) is 9.59 Å². The molecule has 3 rings (SSSR count). The Morgan fingerprint density at radius 3 is 2.78 bits per heavy atom. The van der Waals surface area contributed by atoms with Gasteiger partial charge in [-0.05, 0) is 31.2 Å². The molecule has 2 amide bonds. The second-order valence-electron chi connectivity index (χ2n) is 5.17. The number of nitrogens with zero attached hydrogens (tertiary/aromatic N) is 1. The molecule has 2 heterocycles. The standard InChI is InChI=1S/C16H15FN2O3S/c1-10-6-7-14(22-10)16(21)19-9-23-8-13(19)15(20)18-12-5-3-2-4-11(12)17/h2-7,13H,8-9H2,1H3,(H,18,20)/t13-/m1/s1. The van der Waals surface area contributed by atoms with E-state index in [2.05, 4.69) is 5.32 Å². The van der Waals surface area contributed by atoms with Crippen LogP contribution in [-0.2, 0) is 4.79 Å². The van der Waals surface area contributed by atoms with E-state index in [9.17, 15) is 14.0 Å². The van der Waals surface area contributed by atoms with Crippen LogP contribution < -0.4 is 5.32 Å². The number of anilines is 1. The Labute approximate surface area is 136 Å². The van der Waals surface area contributed by atoms with Gasteiger partial charge >= 0.3 is 0 Å². The van der Waals surface area contributed by atoms with E-state index in [4.69, 9.17) is 4.42 Å². The fraction of sp³-hybridized carbons (Fsp3) is 0.250. The number of thioether (sulfide) groups is 1. The van der Waals surface area contributed by atoms with Crippen molar-refractivity contribution in [2.24, 2.45) is 0 Å². The molecular weight excluding hydrogens is 319 g/mol. The summed E-state index contributed by atoms with van der Waals surface area (Å²) in [7, 11) is 0. The highest BCUT2D eigenvalue weighted by molar-refractivity contribution is 7.99. The highest BCUT2D eigenvalue weighted by Gasteiger charge is 2.36. The summed E-state index contributed by atoms with van der Waals surface area (Å²) in [6.07, 6.45) is 0. The van der Waals surface area contributed by atoms with E-state index >= 15 is 0 Å². The number of rotatable bonds is 3. The lowest BCUT2D eigenvalue weighted by Crippen LogP contribution is -2.44. The fourth-order valence-corrected chi connectivity index (χ4v) is 3.48. The number of carbonyl (C=O) groups is 2. The number of aryl methyl sites for hydroxylation is 1. The van der Waals surface area contributed by atoms with Crippen molar-refractivity contribution in [1.29, 1.82) is 0 Å². The minimum absolute atomic E-state index is 0.107. The minimum atomic E-state index is -0.655. The Morgan fingerprint density at radius 1 is 1.30 bits per heavy atom. The van der Waals surface area contributed by atoms with E-state index in [0.717, 1.165) is 0 Å². The summed E-state index contributed by atoms with van der Waals surface area (Å²) >= 11 is 1.47. The highest BCUT2D eigenvalue weighted by atomic mass is 32.2. The van der Waals surface area contributed by atoms with Crippen LogP contribution in [0, 0.1) is 12.7 Å². The van der Waals surface area contributed by atoms with Crippen molar-refractivity contribution >= 4 is 29.3 Å². The molecule has 23 heavy (non-hydrogen) atoms. The number of furan rings is 1. The summed E-state index contributed by atoms with van der Waals surface area (Å²) in [5, 5.41) is 2.54. The highest BCUT2D eigenvalue weighted by Crippen LogP contribution is 2.25. The first-order chi connectivity index (χ1) is 11.1. The third-order valence-electron chi connectivity index (χ3n) is 3.53. The molecule has 0 spiro atoms.